The third kappa shape index (κ3) is 2.84. The summed E-state index contributed by atoms with van der Waals surface area (Å²) in [5, 5.41) is 4.44. The zero-order valence-corrected chi connectivity index (χ0v) is 12.1. The highest BCUT2D eigenvalue weighted by Crippen LogP contribution is 2.21. The highest BCUT2D eigenvalue weighted by Gasteiger charge is 2.13. The van der Waals surface area contributed by atoms with E-state index in [1.54, 1.807) is 6.20 Å². The maximum Gasteiger partial charge on any atom is 0.0628 e. The van der Waals surface area contributed by atoms with E-state index in [-0.39, 0.29) is 6.04 Å². The molecule has 4 nitrogen and oxygen atoms in total. The lowest BCUT2D eigenvalue weighted by Crippen LogP contribution is -2.13. The largest absolute Gasteiger partial charge is 0.324 e. The Morgan fingerprint density at radius 2 is 2.05 bits per heavy atom. The maximum atomic E-state index is 6.28. The van der Waals surface area contributed by atoms with Crippen molar-refractivity contribution in [2.45, 2.75) is 39.7 Å². The first-order valence-electron chi connectivity index (χ1n) is 6.66. The van der Waals surface area contributed by atoms with Crippen molar-refractivity contribution in [3.63, 3.8) is 0 Å². The van der Waals surface area contributed by atoms with Gasteiger partial charge in [0.1, 0.15) is 0 Å². The standard InChI is InChI=1S/C15H22N4/c1-10-7-8-17-9-14(10)15(16)6-5-13-11(2)18-19(4)12(13)3/h7-9,15H,5-6,16H2,1-4H3. The fraction of sp³-hybridized carbons (Fsp3) is 0.467. The van der Waals surface area contributed by atoms with E-state index in [0.29, 0.717) is 0 Å². The minimum absolute atomic E-state index is 0.0349. The molecule has 1 unspecified atom stereocenters. The molecule has 2 N–H and O–H groups in total. The molecular formula is C15H22N4. The number of aromatic nitrogens is 3. The topological polar surface area (TPSA) is 56.7 Å². The van der Waals surface area contributed by atoms with Crippen molar-refractivity contribution in [2.24, 2.45) is 12.8 Å². The van der Waals surface area contributed by atoms with Gasteiger partial charge in [0.2, 0.25) is 0 Å². The van der Waals surface area contributed by atoms with Crippen molar-refractivity contribution in [1.29, 1.82) is 0 Å². The molecule has 0 saturated carbocycles. The predicted octanol–water partition coefficient (Wildman–Crippen LogP) is 2.37. The Labute approximate surface area is 114 Å². The summed E-state index contributed by atoms with van der Waals surface area (Å²) in [6.07, 6.45) is 5.56. The summed E-state index contributed by atoms with van der Waals surface area (Å²) in [4.78, 5) is 4.16. The number of rotatable bonds is 4. The Bertz CT molecular complexity index is 572. The van der Waals surface area contributed by atoms with Crippen molar-refractivity contribution in [3.05, 3.63) is 46.5 Å². The average molecular weight is 258 g/mol. The van der Waals surface area contributed by atoms with E-state index >= 15 is 0 Å². The van der Waals surface area contributed by atoms with Crippen LogP contribution in [0.2, 0.25) is 0 Å². The second-order valence-corrected chi connectivity index (χ2v) is 5.15. The average Bonchev–Trinajstić information content (AvgIpc) is 2.61. The van der Waals surface area contributed by atoms with E-state index in [4.69, 9.17) is 5.73 Å². The molecule has 0 aliphatic carbocycles. The van der Waals surface area contributed by atoms with E-state index in [0.717, 1.165) is 24.1 Å². The van der Waals surface area contributed by atoms with Crippen LogP contribution in [0, 0.1) is 20.8 Å². The molecule has 2 heterocycles. The van der Waals surface area contributed by atoms with Crippen LogP contribution in [0.25, 0.3) is 0 Å². The van der Waals surface area contributed by atoms with Crippen LogP contribution in [0.3, 0.4) is 0 Å². The molecule has 0 aliphatic heterocycles. The van der Waals surface area contributed by atoms with Crippen molar-refractivity contribution >= 4 is 0 Å². The second-order valence-electron chi connectivity index (χ2n) is 5.15. The molecule has 0 spiro atoms. The molecule has 0 aromatic carbocycles. The van der Waals surface area contributed by atoms with Gasteiger partial charge in [0.25, 0.3) is 0 Å². The molecule has 4 heteroatoms. The highest BCUT2D eigenvalue weighted by molar-refractivity contribution is 5.27. The molecular weight excluding hydrogens is 236 g/mol. The minimum atomic E-state index is 0.0349. The third-order valence-corrected chi connectivity index (χ3v) is 3.84. The third-order valence-electron chi connectivity index (χ3n) is 3.84. The van der Waals surface area contributed by atoms with E-state index < -0.39 is 0 Å². The van der Waals surface area contributed by atoms with Gasteiger partial charge in [-0.2, -0.15) is 5.10 Å². The Morgan fingerprint density at radius 1 is 1.32 bits per heavy atom. The molecule has 19 heavy (non-hydrogen) atoms. The quantitative estimate of drug-likeness (QED) is 0.916. The monoisotopic (exact) mass is 258 g/mol. The smallest absolute Gasteiger partial charge is 0.0628 e. The minimum Gasteiger partial charge on any atom is -0.324 e. The molecule has 102 valence electrons. The molecule has 0 aliphatic rings. The second kappa shape index (κ2) is 5.53. The van der Waals surface area contributed by atoms with Gasteiger partial charge in [-0.15, -0.1) is 0 Å². The molecule has 2 rings (SSSR count). The van der Waals surface area contributed by atoms with Gasteiger partial charge in [-0.05, 0) is 56.4 Å². The first-order chi connectivity index (χ1) is 9.00. The lowest BCUT2D eigenvalue weighted by Gasteiger charge is -2.14. The van der Waals surface area contributed by atoms with Crippen molar-refractivity contribution in [1.82, 2.24) is 14.8 Å². The van der Waals surface area contributed by atoms with E-state index in [9.17, 15) is 0 Å². The molecule has 0 fully saturated rings. The van der Waals surface area contributed by atoms with Gasteiger partial charge in [0.05, 0.1) is 5.69 Å². The molecule has 2 aromatic heterocycles. The van der Waals surface area contributed by atoms with E-state index in [1.807, 2.05) is 24.0 Å². The Kier molecular flexibility index (Phi) is 4.00. The summed E-state index contributed by atoms with van der Waals surface area (Å²) in [7, 11) is 1.98. The highest BCUT2D eigenvalue weighted by atomic mass is 15.3. The fourth-order valence-corrected chi connectivity index (χ4v) is 2.50. The molecule has 0 amide bonds. The molecule has 1 atom stereocenters. The Morgan fingerprint density at radius 3 is 2.63 bits per heavy atom. The van der Waals surface area contributed by atoms with Crippen molar-refractivity contribution in [3.8, 4) is 0 Å². The zero-order chi connectivity index (χ0) is 14.0. The van der Waals surface area contributed by atoms with Crippen LogP contribution < -0.4 is 5.73 Å². The SMILES string of the molecule is Cc1ccncc1C(N)CCc1c(C)nn(C)c1C. The number of hydrogen-bond acceptors (Lipinski definition) is 3. The van der Waals surface area contributed by atoms with Crippen LogP contribution in [0.1, 0.15) is 40.5 Å². The molecule has 0 radical (unpaired) electrons. The van der Waals surface area contributed by atoms with Gasteiger partial charge in [-0.25, -0.2) is 0 Å². The lowest BCUT2D eigenvalue weighted by molar-refractivity contribution is 0.641. The van der Waals surface area contributed by atoms with Gasteiger partial charge < -0.3 is 5.73 Å². The number of nitrogens with two attached hydrogens (primary N) is 1. The predicted molar refractivity (Wildman–Crippen MR) is 76.9 cm³/mol. The van der Waals surface area contributed by atoms with Gasteiger partial charge in [-0.3, -0.25) is 9.67 Å². The fourth-order valence-electron chi connectivity index (χ4n) is 2.50. The summed E-state index contributed by atoms with van der Waals surface area (Å²) in [5.41, 5.74) is 12.3. The first kappa shape index (κ1) is 13.7. The van der Waals surface area contributed by atoms with Gasteiger partial charge >= 0.3 is 0 Å². The van der Waals surface area contributed by atoms with Crippen molar-refractivity contribution in [2.75, 3.05) is 0 Å². The van der Waals surface area contributed by atoms with Crippen LogP contribution in [0.15, 0.2) is 18.5 Å². The van der Waals surface area contributed by atoms with Gasteiger partial charge in [-0.1, -0.05) is 0 Å². The summed E-state index contributed by atoms with van der Waals surface area (Å²) < 4.78 is 1.94. The summed E-state index contributed by atoms with van der Waals surface area (Å²) in [5.74, 6) is 0. The Hall–Kier alpha value is -1.68. The molecule has 0 saturated heterocycles. The number of pyridine rings is 1. The summed E-state index contributed by atoms with van der Waals surface area (Å²) in [6.45, 7) is 6.25. The van der Waals surface area contributed by atoms with E-state index in [2.05, 4.69) is 30.9 Å². The first-order valence-corrected chi connectivity index (χ1v) is 6.66. The van der Waals surface area contributed by atoms with Crippen molar-refractivity contribution < 1.29 is 0 Å². The van der Waals surface area contributed by atoms with Crippen LogP contribution in [0.5, 0.6) is 0 Å². The van der Waals surface area contributed by atoms with Gasteiger partial charge in [0.15, 0.2) is 0 Å². The summed E-state index contributed by atoms with van der Waals surface area (Å²) in [6, 6.07) is 2.04. The zero-order valence-electron chi connectivity index (χ0n) is 12.1. The number of hydrogen-bond donors (Lipinski definition) is 1. The normalized spacial score (nSPS) is 12.7. The lowest BCUT2D eigenvalue weighted by atomic mass is 9.97. The van der Waals surface area contributed by atoms with Crippen LogP contribution in [-0.4, -0.2) is 14.8 Å². The molecule has 2 aromatic rings. The molecule has 0 bridgehead atoms. The van der Waals surface area contributed by atoms with Crippen LogP contribution in [-0.2, 0) is 13.5 Å². The maximum absolute atomic E-state index is 6.28. The Balaban J connectivity index is 2.09. The van der Waals surface area contributed by atoms with Crippen LogP contribution >= 0.6 is 0 Å². The van der Waals surface area contributed by atoms with E-state index in [1.165, 1.54) is 16.8 Å². The van der Waals surface area contributed by atoms with Gasteiger partial charge in [0, 0.05) is 31.2 Å². The number of nitrogens with zero attached hydrogens (tertiary/aromatic N) is 3. The van der Waals surface area contributed by atoms with Crippen LogP contribution in [0.4, 0.5) is 0 Å². The number of aryl methyl sites for hydroxylation is 3. The summed E-state index contributed by atoms with van der Waals surface area (Å²) >= 11 is 0.